The molecule has 0 saturated carbocycles. The van der Waals surface area contributed by atoms with Gasteiger partial charge in [0.15, 0.2) is 11.2 Å². The van der Waals surface area contributed by atoms with Gasteiger partial charge in [0.25, 0.3) is 5.56 Å². The van der Waals surface area contributed by atoms with Crippen molar-refractivity contribution in [1.82, 2.24) is 19.1 Å². The summed E-state index contributed by atoms with van der Waals surface area (Å²) in [6.07, 6.45) is 3.04. The van der Waals surface area contributed by atoms with Crippen molar-refractivity contribution >= 4 is 28.9 Å². The van der Waals surface area contributed by atoms with Crippen LogP contribution >= 0.6 is 0 Å². The van der Waals surface area contributed by atoms with Crippen LogP contribution in [-0.2, 0) is 13.6 Å². The lowest BCUT2D eigenvalue weighted by molar-refractivity contribution is 0.175. The van der Waals surface area contributed by atoms with Gasteiger partial charge in [0.1, 0.15) is 0 Å². The molecule has 0 saturated heterocycles. The van der Waals surface area contributed by atoms with Crippen LogP contribution in [0.5, 0.6) is 0 Å². The lowest BCUT2D eigenvalue weighted by Gasteiger charge is -2.10. The zero-order chi connectivity index (χ0) is 20.3. The summed E-state index contributed by atoms with van der Waals surface area (Å²) >= 11 is 0. The van der Waals surface area contributed by atoms with E-state index in [2.05, 4.69) is 20.5 Å². The molecule has 0 spiro atoms. The van der Waals surface area contributed by atoms with Crippen LogP contribution in [-0.4, -0.2) is 36.0 Å². The molecular weight excluding hydrogens is 360 g/mol. The lowest BCUT2D eigenvalue weighted by atomic mass is 10.2. The molecule has 1 atom stereocenters. The van der Waals surface area contributed by atoms with Gasteiger partial charge in [-0.3, -0.25) is 14.3 Å². The maximum Gasteiger partial charge on any atom is 0.329 e. The first kappa shape index (κ1) is 19.3. The molecule has 3 aromatic rings. The fourth-order valence-corrected chi connectivity index (χ4v) is 2.72. The van der Waals surface area contributed by atoms with Crippen molar-refractivity contribution in [3.8, 4) is 0 Å². The number of benzene rings is 1. The first-order valence-corrected chi connectivity index (χ1v) is 8.78. The van der Waals surface area contributed by atoms with Crippen molar-refractivity contribution in [3.05, 3.63) is 62.8 Å². The highest BCUT2D eigenvalue weighted by molar-refractivity contribution is 5.96. The number of hydrogen-bond donors (Lipinski definition) is 3. The summed E-state index contributed by atoms with van der Waals surface area (Å²) in [7, 11) is 1.52. The van der Waals surface area contributed by atoms with Crippen LogP contribution in [0.3, 0.4) is 0 Å². The van der Waals surface area contributed by atoms with Gasteiger partial charge in [-0.2, -0.15) is 10.1 Å². The summed E-state index contributed by atoms with van der Waals surface area (Å²) in [5.41, 5.74) is 3.83. The predicted octanol–water partition coefficient (Wildman–Crippen LogP) is 1.31. The number of anilines is 1. The number of aromatic amines is 1. The normalized spacial score (nSPS) is 13.4. The summed E-state index contributed by atoms with van der Waals surface area (Å²) in [5.74, 6) is 0.259. The molecule has 0 amide bonds. The Morgan fingerprint density at radius 1 is 1.36 bits per heavy atom. The molecule has 3 N–H and O–H groups in total. The Bertz CT molecular complexity index is 1150. The minimum atomic E-state index is -0.724. The number of nitrogens with one attached hydrogen (secondary N) is 2. The Kier molecular flexibility index (Phi) is 5.55. The van der Waals surface area contributed by atoms with Gasteiger partial charge in [-0.1, -0.05) is 36.4 Å². The van der Waals surface area contributed by atoms with Crippen molar-refractivity contribution in [2.24, 2.45) is 12.1 Å². The minimum absolute atomic E-state index is 0.120. The number of hydrazone groups is 1. The maximum absolute atomic E-state index is 12.3. The molecule has 1 unspecified atom stereocenters. The fourth-order valence-electron chi connectivity index (χ4n) is 2.72. The molecule has 146 valence electrons. The van der Waals surface area contributed by atoms with Crippen molar-refractivity contribution in [2.75, 3.05) is 5.43 Å². The zero-order valence-electron chi connectivity index (χ0n) is 15.9. The number of allylic oxidation sites excluding steroid dienone is 1. The van der Waals surface area contributed by atoms with Gasteiger partial charge in [-0.25, -0.2) is 10.2 Å². The molecule has 0 aliphatic rings. The van der Waals surface area contributed by atoms with Gasteiger partial charge < -0.3 is 9.67 Å². The van der Waals surface area contributed by atoms with Gasteiger partial charge in [0.05, 0.1) is 18.4 Å². The summed E-state index contributed by atoms with van der Waals surface area (Å²) in [5, 5.41) is 14.1. The molecule has 0 radical (unpaired) electrons. The predicted molar refractivity (Wildman–Crippen MR) is 109 cm³/mol. The average molecular weight is 382 g/mol. The Morgan fingerprint density at radius 3 is 2.75 bits per heavy atom. The highest BCUT2D eigenvalue weighted by Gasteiger charge is 2.18. The number of imidazole rings is 1. The average Bonchev–Trinajstić information content (AvgIpc) is 3.02. The summed E-state index contributed by atoms with van der Waals surface area (Å²) in [6.45, 7) is 3.54. The lowest BCUT2D eigenvalue weighted by Crippen LogP contribution is -2.29. The van der Waals surface area contributed by atoms with Crippen LogP contribution in [0.2, 0.25) is 0 Å². The Hall–Kier alpha value is -3.46. The second kappa shape index (κ2) is 8.05. The van der Waals surface area contributed by atoms with Crippen LogP contribution < -0.4 is 16.7 Å². The monoisotopic (exact) mass is 382 g/mol. The van der Waals surface area contributed by atoms with E-state index in [9.17, 15) is 14.7 Å². The molecule has 2 aromatic heterocycles. The molecule has 0 fully saturated rings. The summed E-state index contributed by atoms with van der Waals surface area (Å²) < 4.78 is 2.75. The van der Waals surface area contributed by atoms with Gasteiger partial charge in [-0.05, 0) is 25.5 Å². The quantitative estimate of drug-likeness (QED) is 0.439. The van der Waals surface area contributed by atoms with Crippen LogP contribution in [0, 0.1) is 0 Å². The second-order valence-corrected chi connectivity index (χ2v) is 6.49. The number of aryl methyl sites for hydroxylation is 1. The van der Waals surface area contributed by atoms with Crippen LogP contribution in [0.4, 0.5) is 5.95 Å². The molecule has 28 heavy (non-hydrogen) atoms. The number of hydrogen-bond acceptors (Lipinski definition) is 6. The SMILES string of the molecule is CC(/C=C/c1ccccc1)=N\Nc1nc2c(c(=O)[nH]c(=O)n2C)n1CC(C)O. The van der Waals surface area contributed by atoms with Gasteiger partial charge in [-0.15, -0.1) is 0 Å². The number of aliphatic hydroxyl groups is 1. The van der Waals surface area contributed by atoms with E-state index in [-0.39, 0.29) is 23.7 Å². The van der Waals surface area contributed by atoms with E-state index in [0.717, 1.165) is 5.56 Å². The third-order valence-corrected chi connectivity index (χ3v) is 4.10. The molecule has 0 bridgehead atoms. The van der Waals surface area contributed by atoms with Crippen LogP contribution in [0.1, 0.15) is 19.4 Å². The molecule has 9 heteroatoms. The summed E-state index contributed by atoms with van der Waals surface area (Å²) in [4.78, 5) is 30.7. The number of nitrogens with zero attached hydrogens (tertiary/aromatic N) is 4. The van der Waals surface area contributed by atoms with E-state index in [4.69, 9.17) is 0 Å². The summed E-state index contributed by atoms with van der Waals surface area (Å²) in [6, 6.07) is 9.80. The van der Waals surface area contributed by atoms with Crippen molar-refractivity contribution in [3.63, 3.8) is 0 Å². The van der Waals surface area contributed by atoms with Crippen molar-refractivity contribution < 1.29 is 5.11 Å². The van der Waals surface area contributed by atoms with Gasteiger partial charge >= 0.3 is 5.69 Å². The minimum Gasteiger partial charge on any atom is -0.392 e. The van der Waals surface area contributed by atoms with Crippen molar-refractivity contribution in [1.29, 1.82) is 0 Å². The van der Waals surface area contributed by atoms with Gasteiger partial charge in [0, 0.05) is 7.05 Å². The third kappa shape index (κ3) is 4.09. The number of aromatic nitrogens is 4. The molecular formula is C19H22N6O3. The van der Waals surface area contributed by atoms with Crippen molar-refractivity contribution in [2.45, 2.75) is 26.5 Å². The number of rotatable bonds is 6. The van der Waals surface area contributed by atoms with E-state index in [0.29, 0.717) is 5.71 Å². The number of aliphatic hydroxyl groups excluding tert-OH is 1. The standard InChI is InChI=1S/C19H22N6O3/c1-12(9-10-14-7-5-4-6-8-14)22-23-18-20-16-15(25(18)11-13(2)26)17(27)21-19(28)24(16)3/h4-10,13,26H,11H2,1-3H3,(H,20,23)(H,21,27,28)/b10-9+,22-12+. The van der Waals surface area contributed by atoms with E-state index < -0.39 is 17.4 Å². The first-order valence-electron chi connectivity index (χ1n) is 8.78. The topological polar surface area (TPSA) is 117 Å². The Labute approximate surface area is 160 Å². The fraction of sp³-hybridized carbons (Fsp3) is 0.263. The largest absolute Gasteiger partial charge is 0.392 e. The zero-order valence-corrected chi connectivity index (χ0v) is 15.9. The van der Waals surface area contributed by atoms with E-state index in [1.807, 2.05) is 49.4 Å². The maximum atomic E-state index is 12.3. The molecule has 2 heterocycles. The first-order chi connectivity index (χ1) is 13.4. The second-order valence-electron chi connectivity index (χ2n) is 6.49. The number of H-pyrrole nitrogens is 1. The molecule has 0 aliphatic carbocycles. The van der Waals surface area contributed by atoms with Crippen LogP contribution in [0.25, 0.3) is 17.2 Å². The van der Waals surface area contributed by atoms with E-state index >= 15 is 0 Å². The highest BCUT2D eigenvalue weighted by Crippen LogP contribution is 2.16. The van der Waals surface area contributed by atoms with Gasteiger partial charge in [0.2, 0.25) is 5.95 Å². The molecule has 1 aromatic carbocycles. The molecule has 3 rings (SSSR count). The van der Waals surface area contributed by atoms with Crippen LogP contribution in [0.15, 0.2) is 51.1 Å². The highest BCUT2D eigenvalue weighted by atomic mass is 16.3. The Morgan fingerprint density at radius 2 is 2.07 bits per heavy atom. The Balaban J connectivity index is 1.97. The van der Waals surface area contributed by atoms with E-state index in [1.165, 1.54) is 16.2 Å². The smallest absolute Gasteiger partial charge is 0.329 e. The molecule has 9 nitrogen and oxygen atoms in total. The molecule has 0 aliphatic heterocycles. The van der Waals surface area contributed by atoms with E-state index in [1.54, 1.807) is 6.92 Å². The number of fused-ring (bicyclic) bond motifs is 1. The third-order valence-electron chi connectivity index (χ3n) is 4.10.